The largest absolute Gasteiger partial charge is 0.447 e. The zero-order valence-corrected chi connectivity index (χ0v) is 59.3. The molecular formula is C74H150N2O12. The van der Waals surface area contributed by atoms with E-state index in [0.29, 0.717) is 79.2 Å². The Labute approximate surface area is 545 Å². The summed E-state index contributed by atoms with van der Waals surface area (Å²) in [4.78, 5) is 24.2. The number of amides is 2. The lowest BCUT2D eigenvalue weighted by Crippen LogP contribution is -2.37. The van der Waals surface area contributed by atoms with E-state index in [4.69, 9.17) is 47.4 Å². The predicted octanol–water partition coefficient (Wildman–Crippen LogP) is 20.4. The van der Waals surface area contributed by atoms with Gasteiger partial charge in [-0.2, -0.15) is 0 Å². The molecule has 0 aromatic heterocycles. The SMILES string of the molecule is CCCCCCCCCCCCCCOCC(CNC(=O)OCCOCCOC)OCCCCCCCCCCCCCC.CCCCCCCCCCCCCCOC[C@H](COC(=O)NCCOCCOC)OCCCCCCCCCCCCCC. The number of nitrogens with one attached hydrogen (secondary N) is 2. The van der Waals surface area contributed by atoms with Gasteiger partial charge >= 0.3 is 12.2 Å². The van der Waals surface area contributed by atoms with Crippen molar-refractivity contribution in [3.8, 4) is 0 Å². The van der Waals surface area contributed by atoms with Gasteiger partial charge in [0.2, 0.25) is 0 Å². The number of hydrogen-bond donors (Lipinski definition) is 2. The first-order valence-electron chi connectivity index (χ1n) is 37.8. The van der Waals surface area contributed by atoms with Gasteiger partial charge in [-0.05, 0) is 25.7 Å². The summed E-state index contributed by atoms with van der Waals surface area (Å²) < 4.78 is 55.4. The van der Waals surface area contributed by atoms with Crippen LogP contribution in [0.5, 0.6) is 0 Å². The summed E-state index contributed by atoms with van der Waals surface area (Å²) in [5.41, 5.74) is 0. The van der Waals surface area contributed by atoms with Crippen molar-refractivity contribution in [1.29, 1.82) is 0 Å². The van der Waals surface area contributed by atoms with Crippen molar-refractivity contribution >= 4 is 12.2 Å². The summed E-state index contributed by atoms with van der Waals surface area (Å²) >= 11 is 0. The lowest BCUT2D eigenvalue weighted by atomic mass is 10.1. The second-order valence-corrected chi connectivity index (χ2v) is 24.9. The molecule has 0 saturated carbocycles. The molecule has 0 heterocycles. The van der Waals surface area contributed by atoms with Crippen LogP contribution in [0, 0.1) is 0 Å². The molecule has 0 aliphatic heterocycles. The zero-order valence-electron chi connectivity index (χ0n) is 59.3. The van der Waals surface area contributed by atoms with Gasteiger partial charge in [-0.3, -0.25) is 0 Å². The Morgan fingerprint density at radius 2 is 0.545 bits per heavy atom. The normalized spacial score (nSPS) is 12.1. The number of carbonyl (C=O) groups is 2. The van der Waals surface area contributed by atoms with Gasteiger partial charge in [-0.1, -0.05) is 310 Å². The van der Waals surface area contributed by atoms with Crippen molar-refractivity contribution in [3.63, 3.8) is 0 Å². The summed E-state index contributed by atoms with van der Waals surface area (Å²) in [6, 6.07) is 0. The van der Waals surface area contributed by atoms with Crippen molar-refractivity contribution in [1.82, 2.24) is 10.6 Å². The lowest BCUT2D eigenvalue weighted by molar-refractivity contribution is -0.0469. The third-order valence-electron chi connectivity index (χ3n) is 16.3. The molecule has 0 radical (unpaired) electrons. The molecule has 0 aliphatic carbocycles. The maximum Gasteiger partial charge on any atom is 0.407 e. The number of carbonyl (C=O) groups excluding carboxylic acids is 2. The Morgan fingerprint density at radius 1 is 0.261 bits per heavy atom. The summed E-state index contributed by atoms with van der Waals surface area (Å²) in [7, 11) is 3.27. The molecule has 0 fully saturated rings. The van der Waals surface area contributed by atoms with Gasteiger partial charge in [0.25, 0.3) is 0 Å². The molecule has 0 saturated heterocycles. The van der Waals surface area contributed by atoms with Crippen molar-refractivity contribution in [2.75, 3.05) is 120 Å². The van der Waals surface area contributed by atoms with E-state index in [-0.39, 0.29) is 25.4 Å². The summed E-state index contributed by atoms with van der Waals surface area (Å²) in [5.74, 6) is 0. The number of unbranched alkanes of at least 4 members (excludes halogenated alkanes) is 44. The Balaban J connectivity index is 0. The summed E-state index contributed by atoms with van der Waals surface area (Å²) in [6.45, 7) is 17.0. The molecule has 0 aromatic rings. The Morgan fingerprint density at radius 3 is 0.898 bits per heavy atom. The molecule has 0 aliphatic rings. The molecule has 1 unspecified atom stereocenters. The zero-order chi connectivity index (χ0) is 64.0. The van der Waals surface area contributed by atoms with Crippen LogP contribution in [0.1, 0.15) is 336 Å². The fourth-order valence-corrected chi connectivity index (χ4v) is 10.6. The van der Waals surface area contributed by atoms with E-state index in [0.717, 1.165) is 38.9 Å². The highest BCUT2D eigenvalue weighted by Crippen LogP contribution is 2.17. The maximum absolute atomic E-state index is 12.1. The molecule has 14 nitrogen and oxygen atoms in total. The van der Waals surface area contributed by atoms with Crippen LogP contribution in [0.2, 0.25) is 0 Å². The minimum atomic E-state index is -0.444. The van der Waals surface area contributed by atoms with Gasteiger partial charge in [0, 0.05) is 53.7 Å². The topological polar surface area (TPSA) is 150 Å². The first-order chi connectivity index (χ1) is 43.5. The molecule has 2 atom stereocenters. The van der Waals surface area contributed by atoms with Gasteiger partial charge < -0.3 is 58.0 Å². The first kappa shape index (κ1) is 88.3. The quantitative estimate of drug-likeness (QED) is 0.0558. The van der Waals surface area contributed by atoms with E-state index < -0.39 is 12.2 Å². The highest BCUT2D eigenvalue weighted by atomic mass is 16.6. The molecule has 2 amide bonds. The minimum absolute atomic E-state index is 0.162. The Kier molecular flexibility index (Phi) is 81.6. The summed E-state index contributed by atoms with van der Waals surface area (Å²) in [5, 5.41) is 5.56. The number of rotatable bonds is 74. The van der Waals surface area contributed by atoms with E-state index >= 15 is 0 Å². The number of methoxy groups -OCH3 is 2. The third-order valence-corrected chi connectivity index (χ3v) is 16.3. The lowest BCUT2D eigenvalue weighted by Gasteiger charge is -2.19. The average Bonchev–Trinajstić information content (AvgIpc) is 3.53. The molecule has 88 heavy (non-hydrogen) atoms. The Bertz CT molecular complexity index is 1190. The molecular weight excluding hydrogens is 1110 g/mol. The smallest absolute Gasteiger partial charge is 0.407 e. The van der Waals surface area contributed by atoms with Crippen molar-refractivity contribution < 1.29 is 57.0 Å². The van der Waals surface area contributed by atoms with Crippen LogP contribution in [0.3, 0.4) is 0 Å². The van der Waals surface area contributed by atoms with Gasteiger partial charge in [-0.15, -0.1) is 0 Å². The van der Waals surface area contributed by atoms with Crippen LogP contribution in [-0.2, 0) is 47.4 Å². The van der Waals surface area contributed by atoms with Crippen molar-refractivity contribution in [3.05, 3.63) is 0 Å². The number of ether oxygens (including phenoxy) is 10. The van der Waals surface area contributed by atoms with Gasteiger partial charge in [0.15, 0.2) is 0 Å². The fourth-order valence-electron chi connectivity index (χ4n) is 10.6. The Hall–Kier alpha value is -1.78. The minimum Gasteiger partial charge on any atom is -0.447 e. The maximum atomic E-state index is 12.1. The number of alkyl carbamates (subject to hydrolysis) is 2. The van der Waals surface area contributed by atoms with Crippen molar-refractivity contribution in [2.24, 2.45) is 0 Å². The van der Waals surface area contributed by atoms with E-state index in [1.54, 1.807) is 14.2 Å². The average molecular weight is 1260 g/mol. The van der Waals surface area contributed by atoms with Gasteiger partial charge in [0.1, 0.15) is 19.3 Å². The molecule has 528 valence electrons. The van der Waals surface area contributed by atoms with E-state index in [9.17, 15) is 9.59 Å². The predicted molar refractivity (Wildman–Crippen MR) is 370 cm³/mol. The van der Waals surface area contributed by atoms with E-state index in [1.807, 2.05) is 0 Å². The molecule has 0 spiro atoms. The molecule has 0 rings (SSSR count). The van der Waals surface area contributed by atoms with Crippen LogP contribution < -0.4 is 10.6 Å². The highest BCUT2D eigenvalue weighted by molar-refractivity contribution is 5.67. The first-order valence-corrected chi connectivity index (χ1v) is 37.8. The van der Waals surface area contributed by atoms with Crippen LogP contribution >= 0.6 is 0 Å². The fraction of sp³-hybridized carbons (Fsp3) is 0.973. The molecule has 0 bridgehead atoms. The second kappa shape index (κ2) is 81.3. The highest BCUT2D eigenvalue weighted by Gasteiger charge is 2.15. The summed E-state index contributed by atoms with van der Waals surface area (Å²) in [6.07, 6.45) is 62.5. The standard InChI is InChI=1S/2C37H75NO6/c1-4-6-8-10-12-14-16-18-20-22-24-26-29-42-34-36(35-44-37(39)38-28-31-41-33-32-40-3)43-30-27-25-23-21-19-17-15-13-11-9-7-5-2;1-4-6-8-10-12-14-16-18-20-22-24-26-28-42-35-36(34-38-37(39)44-33-32-41-31-30-40-3)43-29-27-25-23-21-19-17-15-13-11-9-7-5-2/h2*36H,4-35H2,1-3H3,(H,38,39)/t36-;/m1./s1. The van der Waals surface area contributed by atoms with Crippen molar-refractivity contribution in [2.45, 2.75) is 348 Å². The van der Waals surface area contributed by atoms with Crippen LogP contribution in [0.15, 0.2) is 0 Å². The van der Waals surface area contributed by atoms with Crippen LogP contribution in [-0.4, -0.2) is 144 Å². The van der Waals surface area contributed by atoms with E-state index in [1.165, 1.54) is 283 Å². The van der Waals surface area contributed by atoms with Gasteiger partial charge in [-0.25, -0.2) is 9.59 Å². The molecule has 2 N–H and O–H groups in total. The second-order valence-electron chi connectivity index (χ2n) is 24.9. The van der Waals surface area contributed by atoms with Gasteiger partial charge in [0.05, 0.1) is 59.0 Å². The monoisotopic (exact) mass is 1260 g/mol. The molecule has 0 aromatic carbocycles. The molecule has 14 heteroatoms. The van der Waals surface area contributed by atoms with E-state index in [2.05, 4.69) is 38.3 Å². The van der Waals surface area contributed by atoms with Crippen LogP contribution in [0.25, 0.3) is 0 Å². The van der Waals surface area contributed by atoms with Crippen LogP contribution in [0.4, 0.5) is 9.59 Å². The third kappa shape index (κ3) is 78.5. The number of hydrogen-bond acceptors (Lipinski definition) is 12.